The number of hydrogen-bond donors (Lipinski definition) is 2. The van der Waals surface area contributed by atoms with E-state index >= 15 is 0 Å². The lowest BCUT2D eigenvalue weighted by Gasteiger charge is -2.03. The Morgan fingerprint density at radius 3 is 2.56 bits per heavy atom. The molecular weight excluding hydrogens is 248 g/mol. The van der Waals surface area contributed by atoms with Gasteiger partial charge in [0, 0.05) is 23.0 Å². The second-order valence-corrected chi connectivity index (χ2v) is 4.97. The molecule has 1 atom stereocenters. The molecule has 0 aliphatic heterocycles. The second-order valence-electron chi connectivity index (χ2n) is 3.08. The van der Waals surface area contributed by atoms with Gasteiger partial charge in [0.15, 0.2) is 0 Å². The molecule has 1 unspecified atom stereocenters. The summed E-state index contributed by atoms with van der Waals surface area (Å²) in [4.78, 5) is 11.9. The number of halogens is 1. The molecule has 88 valence electrons. The van der Waals surface area contributed by atoms with E-state index in [-0.39, 0.29) is 11.7 Å². The Hall–Kier alpha value is -0.910. The van der Waals surface area contributed by atoms with Crippen molar-refractivity contribution in [3.05, 3.63) is 29.3 Å². The van der Waals surface area contributed by atoms with Crippen molar-refractivity contribution in [2.45, 2.75) is 4.90 Å². The Morgan fingerprint density at radius 2 is 2.00 bits per heavy atom. The smallest absolute Gasteiger partial charge is 0.233 e. The zero-order valence-electron chi connectivity index (χ0n) is 8.61. The lowest BCUT2D eigenvalue weighted by atomic mass is 10.4. The number of nitrogens with one attached hydrogen (secondary N) is 1. The number of nitrogens with two attached hydrogens (primary N) is 1. The molecule has 16 heavy (non-hydrogen) atoms. The van der Waals surface area contributed by atoms with Crippen molar-refractivity contribution in [2.75, 3.05) is 18.8 Å². The van der Waals surface area contributed by atoms with Gasteiger partial charge in [-0.15, -0.1) is 0 Å². The van der Waals surface area contributed by atoms with Crippen LogP contribution in [0.5, 0.6) is 0 Å². The van der Waals surface area contributed by atoms with Gasteiger partial charge in [-0.1, -0.05) is 11.6 Å². The van der Waals surface area contributed by atoms with E-state index in [2.05, 4.69) is 5.32 Å². The lowest BCUT2D eigenvalue weighted by molar-refractivity contribution is -0.118. The van der Waals surface area contributed by atoms with Crippen molar-refractivity contribution in [3.8, 4) is 0 Å². The molecule has 0 fully saturated rings. The van der Waals surface area contributed by atoms with E-state index in [1.54, 1.807) is 24.3 Å². The van der Waals surface area contributed by atoms with Crippen LogP contribution < -0.4 is 11.1 Å². The maximum atomic E-state index is 11.7. The minimum absolute atomic E-state index is 0.0539. The van der Waals surface area contributed by atoms with Gasteiger partial charge in [0.2, 0.25) is 5.91 Å². The SMILES string of the molecule is NCCNC(=O)CS(=O)c1ccc(Cl)cc1. The highest BCUT2D eigenvalue weighted by Crippen LogP contribution is 2.12. The monoisotopic (exact) mass is 260 g/mol. The molecular formula is C10H13ClN2O2S. The van der Waals surface area contributed by atoms with E-state index in [9.17, 15) is 9.00 Å². The molecule has 1 aromatic rings. The summed E-state index contributed by atoms with van der Waals surface area (Å²) in [5.41, 5.74) is 5.23. The molecule has 0 aliphatic rings. The maximum absolute atomic E-state index is 11.7. The predicted octanol–water partition coefficient (Wildman–Crippen LogP) is 0.522. The minimum Gasteiger partial charge on any atom is -0.354 e. The molecule has 0 radical (unpaired) electrons. The van der Waals surface area contributed by atoms with Gasteiger partial charge in [-0.05, 0) is 24.3 Å². The van der Waals surface area contributed by atoms with Crippen molar-refractivity contribution in [1.29, 1.82) is 0 Å². The fourth-order valence-electron chi connectivity index (χ4n) is 1.05. The average Bonchev–Trinajstić information content (AvgIpc) is 2.27. The zero-order valence-corrected chi connectivity index (χ0v) is 10.2. The first-order valence-corrected chi connectivity index (χ1v) is 6.44. The molecule has 6 heteroatoms. The fraction of sp³-hybridized carbons (Fsp3) is 0.300. The van der Waals surface area contributed by atoms with Crippen LogP contribution in [0.2, 0.25) is 5.02 Å². The third-order valence-electron chi connectivity index (χ3n) is 1.81. The highest BCUT2D eigenvalue weighted by Gasteiger charge is 2.09. The zero-order chi connectivity index (χ0) is 12.0. The topological polar surface area (TPSA) is 72.2 Å². The van der Waals surface area contributed by atoms with Crippen molar-refractivity contribution >= 4 is 28.3 Å². The molecule has 1 rings (SSSR count). The molecule has 0 aromatic heterocycles. The predicted molar refractivity (Wildman–Crippen MR) is 64.8 cm³/mol. The van der Waals surface area contributed by atoms with Crippen molar-refractivity contribution < 1.29 is 9.00 Å². The number of carbonyl (C=O) groups is 1. The van der Waals surface area contributed by atoms with Crippen molar-refractivity contribution in [3.63, 3.8) is 0 Å². The summed E-state index contributed by atoms with van der Waals surface area (Å²) >= 11 is 5.70. The number of hydrogen-bond acceptors (Lipinski definition) is 3. The standard InChI is InChI=1S/C10H13ClN2O2S/c11-8-1-3-9(4-2-8)16(15)7-10(14)13-6-5-12/h1-4H,5-7,12H2,(H,13,14). The summed E-state index contributed by atoms with van der Waals surface area (Å²) in [5.74, 6) is -0.319. The highest BCUT2D eigenvalue weighted by molar-refractivity contribution is 7.85. The van der Waals surface area contributed by atoms with Crippen LogP contribution in [0.1, 0.15) is 0 Å². The van der Waals surface area contributed by atoms with Crippen LogP contribution in [0, 0.1) is 0 Å². The summed E-state index contributed by atoms with van der Waals surface area (Å²) < 4.78 is 11.7. The van der Waals surface area contributed by atoms with Gasteiger partial charge in [0.1, 0.15) is 5.75 Å². The summed E-state index contributed by atoms with van der Waals surface area (Å²) in [7, 11) is -1.34. The lowest BCUT2D eigenvalue weighted by Crippen LogP contribution is -2.32. The third kappa shape index (κ3) is 4.30. The molecule has 0 spiro atoms. The molecule has 0 bridgehead atoms. The van der Waals surface area contributed by atoms with Gasteiger partial charge in [-0.25, -0.2) is 0 Å². The van der Waals surface area contributed by atoms with E-state index in [4.69, 9.17) is 17.3 Å². The molecule has 0 saturated carbocycles. The minimum atomic E-state index is -1.34. The van der Waals surface area contributed by atoms with Crippen LogP contribution >= 0.6 is 11.6 Å². The molecule has 3 N–H and O–H groups in total. The van der Waals surface area contributed by atoms with Gasteiger partial charge in [0.05, 0.1) is 10.8 Å². The Bertz CT molecular complexity index is 381. The molecule has 4 nitrogen and oxygen atoms in total. The van der Waals surface area contributed by atoms with Crippen molar-refractivity contribution in [1.82, 2.24) is 5.32 Å². The van der Waals surface area contributed by atoms with Crippen LogP contribution in [0.25, 0.3) is 0 Å². The largest absolute Gasteiger partial charge is 0.354 e. The Labute approximate surface area is 102 Å². The van der Waals surface area contributed by atoms with Crippen LogP contribution in [0.3, 0.4) is 0 Å². The van der Waals surface area contributed by atoms with Gasteiger partial charge in [-0.2, -0.15) is 0 Å². The Kier molecular flexibility index (Phi) is 5.45. The quantitative estimate of drug-likeness (QED) is 0.811. The third-order valence-corrected chi connectivity index (χ3v) is 3.38. The number of rotatable bonds is 5. The number of amides is 1. The van der Waals surface area contributed by atoms with Crippen molar-refractivity contribution in [2.24, 2.45) is 5.73 Å². The second kappa shape index (κ2) is 6.62. The Balaban J connectivity index is 2.52. The highest BCUT2D eigenvalue weighted by atomic mass is 35.5. The number of benzene rings is 1. The van der Waals surface area contributed by atoms with Gasteiger partial charge < -0.3 is 11.1 Å². The van der Waals surface area contributed by atoms with E-state index in [1.165, 1.54) is 0 Å². The van der Waals surface area contributed by atoms with Crippen LogP contribution in [-0.2, 0) is 15.6 Å². The Morgan fingerprint density at radius 1 is 1.38 bits per heavy atom. The maximum Gasteiger partial charge on any atom is 0.233 e. The van der Waals surface area contributed by atoms with E-state index in [0.717, 1.165) is 0 Å². The molecule has 0 aliphatic carbocycles. The number of carbonyl (C=O) groups excluding carboxylic acids is 1. The summed E-state index contributed by atoms with van der Waals surface area (Å²) in [6, 6.07) is 6.59. The first-order valence-electron chi connectivity index (χ1n) is 4.74. The summed E-state index contributed by atoms with van der Waals surface area (Å²) in [6.45, 7) is 0.774. The normalized spacial score (nSPS) is 12.1. The van der Waals surface area contributed by atoms with Crippen LogP contribution in [0.4, 0.5) is 0 Å². The van der Waals surface area contributed by atoms with Crippen LogP contribution in [0.15, 0.2) is 29.2 Å². The molecule has 0 heterocycles. The fourth-order valence-corrected chi connectivity index (χ4v) is 2.12. The average molecular weight is 261 g/mol. The van der Waals surface area contributed by atoms with Crippen LogP contribution in [-0.4, -0.2) is 29.0 Å². The van der Waals surface area contributed by atoms with Gasteiger partial charge >= 0.3 is 0 Å². The molecule has 1 amide bonds. The van der Waals surface area contributed by atoms with E-state index in [1.807, 2.05) is 0 Å². The van der Waals surface area contributed by atoms with Gasteiger partial charge in [-0.3, -0.25) is 9.00 Å². The summed E-state index contributed by atoms with van der Waals surface area (Å²) in [5, 5.41) is 3.14. The first-order chi connectivity index (χ1) is 7.63. The van der Waals surface area contributed by atoms with E-state index in [0.29, 0.717) is 23.0 Å². The molecule has 1 aromatic carbocycles. The van der Waals surface area contributed by atoms with Gasteiger partial charge in [0.25, 0.3) is 0 Å². The van der Waals surface area contributed by atoms with E-state index < -0.39 is 10.8 Å². The first kappa shape index (κ1) is 13.2. The summed E-state index contributed by atoms with van der Waals surface area (Å²) in [6.07, 6.45) is 0. The molecule has 0 saturated heterocycles.